The van der Waals surface area contributed by atoms with E-state index in [1.165, 1.54) is 25.7 Å². The predicted octanol–water partition coefficient (Wildman–Crippen LogP) is 2.58. The van der Waals surface area contributed by atoms with E-state index in [2.05, 4.69) is 11.1 Å². The van der Waals surface area contributed by atoms with Gasteiger partial charge in [-0.05, 0) is 37.8 Å². The molecule has 2 rings (SSSR count). The first-order chi connectivity index (χ1) is 6.77. The molecule has 0 bridgehead atoms. The number of hydrogen-bond donors (Lipinski definition) is 1. The van der Waals surface area contributed by atoms with Crippen molar-refractivity contribution in [3.8, 4) is 0 Å². The van der Waals surface area contributed by atoms with Crippen molar-refractivity contribution in [3.63, 3.8) is 0 Å². The van der Waals surface area contributed by atoms with E-state index in [0.29, 0.717) is 5.92 Å². The van der Waals surface area contributed by atoms with Crippen LogP contribution in [0.1, 0.15) is 43.1 Å². The fourth-order valence-corrected chi connectivity index (χ4v) is 2.31. The van der Waals surface area contributed by atoms with E-state index in [0.717, 1.165) is 11.4 Å². The van der Waals surface area contributed by atoms with Crippen molar-refractivity contribution in [1.29, 1.82) is 0 Å². The molecule has 0 aromatic carbocycles. The van der Waals surface area contributed by atoms with E-state index in [1.807, 2.05) is 19.1 Å². The van der Waals surface area contributed by atoms with Gasteiger partial charge >= 0.3 is 0 Å². The lowest BCUT2D eigenvalue weighted by Gasteiger charge is -2.18. The summed E-state index contributed by atoms with van der Waals surface area (Å²) in [6.45, 7) is 2.02. The largest absolute Gasteiger partial charge is 0.322 e. The van der Waals surface area contributed by atoms with Crippen molar-refractivity contribution in [1.82, 2.24) is 4.98 Å². The summed E-state index contributed by atoms with van der Waals surface area (Å²) in [6, 6.07) is 6.27. The van der Waals surface area contributed by atoms with E-state index in [4.69, 9.17) is 5.73 Å². The molecule has 0 spiro atoms. The molecule has 1 fully saturated rings. The minimum atomic E-state index is 0.150. The van der Waals surface area contributed by atoms with Gasteiger partial charge in [0, 0.05) is 11.7 Å². The Hall–Kier alpha value is -0.890. The summed E-state index contributed by atoms with van der Waals surface area (Å²) in [5.74, 6) is 0.657. The first-order valence-electron chi connectivity index (χ1n) is 5.46. The maximum atomic E-state index is 6.21. The second-order valence-electron chi connectivity index (χ2n) is 4.27. The van der Waals surface area contributed by atoms with Crippen LogP contribution in [0.4, 0.5) is 0 Å². The van der Waals surface area contributed by atoms with E-state index < -0.39 is 0 Å². The van der Waals surface area contributed by atoms with Crippen LogP contribution >= 0.6 is 0 Å². The number of rotatable bonds is 2. The molecule has 1 unspecified atom stereocenters. The van der Waals surface area contributed by atoms with Crippen LogP contribution in [0.2, 0.25) is 0 Å². The Labute approximate surface area is 85.5 Å². The second-order valence-corrected chi connectivity index (χ2v) is 4.27. The zero-order chi connectivity index (χ0) is 9.97. The maximum Gasteiger partial charge on any atom is 0.0577 e. The Balaban J connectivity index is 2.13. The molecule has 1 aromatic rings. The minimum absolute atomic E-state index is 0.150. The normalized spacial score (nSPS) is 19.9. The van der Waals surface area contributed by atoms with Gasteiger partial charge < -0.3 is 5.73 Å². The first kappa shape index (κ1) is 9.66. The van der Waals surface area contributed by atoms with Crippen LogP contribution in [0.25, 0.3) is 0 Å². The third kappa shape index (κ3) is 1.95. The molecule has 1 saturated carbocycles. The van der Waals surface area contributed by atoms with E-state index in [1.54, 1.807) is 0 Å². The van der Waals surface area contributed by atoms with Crippen LogP contribution in [0, 0.1) is 12.8 Å². The highest BCUT2D eigenvalue weighted by Gasteiger charge is 2.23. The Kier molecular flexibility index (Phi) is 2.82. The zero-order valence-electron chi connectivity index (χ0n) is 8.74. The van der Waals surface area contributed by atoms with Gasteiger partial charge in [-0.1, -0.05) is 18.9 Å². The fraction of sp³-hybridized carbons (Fsp3) is 0.583. The summed E-state index contributed by atoms with van der Waals surface area (Å²) in [5.41, 5.74) is 8.34. The minimum Gasteiger partial charge on any atom is -0.322 e. The third-order valence-corrected chi connectivity index (χ3v) is 3.16. The SMILES string of the molecule is Cc1cccc(C(N)C2CCCC2)n1. The Morgan fingerprint density at radius 1 is 1.36 bits per heavy atom. The van der Waals surface area contributed by atoms with Crippen molar-refractivity contribution in [2.75, 3.05) is 0 Å². The van der Waals surface area contributed by atoms with Crippen molar-refractivity contribution < 1.29 is 0 Å². The quantitative estimate of drug-likeness (QED) is 0.778. The summed E-state index contributed by atoms with van der Waals surface area (Å²) in [6.07, 6.45) is 5.22. The monoisotopic (exact) mass is 190 g/mol. The third-order valence-electron chi connectivity index (χ3n) is 3.16. The lowest BCUT2D eigenvalue weighted by Crippen LogP contribution is -2.20. The molecule has 2 N–H and O–H groups in total. The van der Waals surface area contributed by atoms with Crippen molar-refractivity contribution in [2.24, 2.45) is 11.7 Å². The molecule has 14 heavy (non-hydrogen) atoms. The smallest absolute Gasteiger partial charge is 0.0577 e. The van der Waals surface area contributed by atoms with Crippen molar-refractivity contribution >= 4 is 0 Å². The summed E-state index contributed by atoms with van der Waals surface area (Å²) in [4.78, 5) is 4.49. The number of aryl methyl sites for hydroxylation is 1. The van der Waals surface area contributed by atoms with Gasteiger partial charge in [-0.3, -0.25) is 4.98 Å². The number of nitrogens with zero attached hydrogens (tertiary/aromatic N) is 1. The highest BCUT2D eigenvalue weighted by atomic mass is 14.8. The molecule has 1 atom stereocenters. The Bertz CT molecular complexity index is 303. The van der Waals surface area contributed by atoms with Crippen LogP contribution in [0.15, 0.2) is 18.2 Å². The molecule has 2 heteroatoms. The number of nitrogens with two attached hydrogens (primary N) is 1. The lowest BCUT2D eigenvalue weighted by atomic mass is 9.96. The van der Waals surface area contributed by atoms with Gasteiger partial charge in [0.2, 0.25) is 0 Å². The van der Waals surface area contributed by atoms with Gasteiger partial charge in [0.25, 0.3) is 0 Å². The van der Waals surface area contributed by atoms with Crippen molar-refractivity contribution in [3.05, 3.63) is 29.6 Å². The van der Waals surface area contributed by atoms with E-state index in [9.17, 15) is 0 Å². The molecule has 1 aromatic heterocycles. The number of pyridine rings is 1. The van der Waals surface area contributed by atoms with Crippen LogP contribution in [0.5, 0.6) is 0 Å². The predicted molar refractivity (Wildman–Crippen MR) is 57.9 cm³/mol. The van der Waals surface area contributed by atoms with Gasteiger partial charge in [0.05, 0.1) is 5.69 Å². The zero-order valence-corrected chi connectivity index (χ0v) is 8.74. The first-order valence-corrected chi connectivity index (χ1v) is 5.46. The summed E-state index contributed by atoms with van der Waals surface area (Å²) >= 11 is 0. The van der Waals surface area contributed by atoms with Crippen LogP contribution < -0.4 is 5.73 Å². The van der Waals surface area contributed by atoms with Crippen molar-refractivity contribution in [2.45, 2.75) is 38.6 Å². The molecule has 1 aliphatic rings. The number of aromatic nitrogens is 1. The average molecular weight is 190 g/mol. The Morgan fingerprint density at radius 2 is 2.07 bits per heavy atom. The maximum absolute atomic E-state index is 6.21. The van der Waals surface area contributed by atoms with E-state index in [-0.39, 0.29) is 6.04 Å². The molecule has 0 amide bonds. The summed E-state index contributed by atoms with van der Waals surface area (Å²) < 4.78 is 0. The molecule has 0 radical (unpaired) electrons. The molecule has 1 heterocycles. The standard InChI is InChI=1S/C12H18N2/c1-9-5-4-8-11(14-9)12(13)10-6-2-3-7-10/h4-5,8,10,12H,2-3,6-7,13H2,1H3. The molecule has 2 nitrogen and oxygen atoms in total. The van der Waals surface area contributed by atoms with Gasteiger partial charge in [0.15, 0.2) is 0 Å². The topological polar surface area (TPSA) is 38.9 Å². The molecule has 1 aliphatic carbocycles. The average Bonchev–Trinajstić information content (AvgIpc) is 2.69. The van der Waals surface area contributed by atoms with E-state index >= 15 is 0 Å². The summed E-state index contributed by atoms with van der Waals surface area (Å²) in [5, 5.41) is 0. The van der Waals surface area contributed by atoms with Crippen LogP contribution in [-0.2, 0) is 0 Å². The molecular formula is C12H18N2. The van der Waals surface area contributed by atoms with Gasteiger partial charge in [0.1, 0.15) is 0 Å². The molecule has 76 valence electrons. The van der Waals surface area contributed by atoms with Gasteiger partial charge in [-0.2, -0.15) is 0 Å². The fourth-order valence-electron chi connectivity index (χ4n) is 2.31. The van der Waals surface area contributed by atoms with Crippen LogP contribution in [0.3, 0.4) is 0 Å². The molecular weight excluding hydrogens is 172 g/mol. The number of hydrogen-bond acceptors (Lipinski definition) is 2. The van der Waals surface area contributed by atoms with Gasteiger partial charge in [-0.25, -0.2) is 0 Å². The lowest BCUT2D eigenvalue weighted by molar-refractivity contribution is 0.436. The van der Waals surface area contributed by atoms with Crippen LogP contribution in [-0.4, -0.2) is 4.98 Å². The Morgan fingerprint density at radius 3 is 2.71 bits per heavy atom. The highest BCUT2D eigenvalue weighted by molar-refractivity contribution is 5.14. The molecule has 0 aliphatic heterocycles. The van der Waals surface area contributed by atoms with Gasteiger partial charge in [-0.15, -0.1) is 0 Å². The second kappa shape index (κ2) is 4.09. The molecule has 0 saturated heterocycles. The highest BCUT2D eigenvalue weighted by Crippen LogP contribution is 2.33. The summed E-state index contributed by atoms with van der Waals surface area (Å²) in [7, 11) is 0.